The van der Waals surface area contributed by atoms with E-state index in [9.17, 15) is 9.59 Å². The lowest BCUT2D eigenvalue weighted by Gasteiger charge is -2.06. The zero-order valence-corrected chi connectivity index (χ0v) is 11.7. The minimum atomic E-state index is -0.270. The largest absolute Gasteiger partial charge is 0.351 e. The molecule has 1 aromatic carbocycles. The van der Waals surface area contributed by atoms with Crippen LogP contribution >= 0.6 is 15.9 Å². The van der Waals surface area contributed by atoms with Crippen LogP contribution in [0.3, 0.4) is 0 Å². The quantitative estimate of drug-likeness (QED) is 0.816. The summed E-state index contributed by atoms with van der Waals surface area (Å²) in [7, 11) is 0. The van der Waals surface area contributed by atoms with Crippen molar-refractivity contribution < 1.29 is 9.59 Å². The van der Waals surface area contributed by atoms with Gasteiger partial charge in [0.15, 0.2) is 0 Å². The van der Waals surface area contributed by atoms with Gasteiger partial charge in [0.05, 0.1) is 6.54 Å². The van der Waals surface area contributed by atoms with Crippen molar-refractivity contribution in [2.24, 2.45) is 0 Å². The first-order valence-electron chi connectivity index (χ1n) is 5.44. The van der Waals surface area contributed by atoms with Gasteiger partial charge in [0, 0.05) is 16.6 Å². The number of hydrogen-bond acceptors (Lipinski definition) is 2. The van der Waals surface area contributed by atoms with Crippen LogP contribution in [-0.2, 0) is 4.79 Å². The Hall–Kier alpha value is -1.62. The maximum atomic E-state index is 11.7. The van der Waals surface area contributed by atoms with Gasteiger partial charge in [-0.2, -0.15) is 0 Å². The summed E-state index contributed by atoms with van der Waals surface area (Å²) in [6, 6.07) is 6.92. The van der Waals surface area contributed by atoms with Gasteiger partial charge in [-0.3, -0.25) is 9.59 Å². The second kappa shape index (κ2) is 6.96. The Labute approximate surface area is 115 Å². The SMILES string of the molecule is C=C(C)CNC(=O)CNC(=O)c1ccc(Br)cc1. The summed E-state index contributed by atoms with van der Waals surface area (Å²) >= 11 is 3.29. The van der Waals surface area contributed by atoms with E-state index in [-0.39, 0.29) is 18.4 Å². The third-order valence-electron chi connectivity index (χ3n) is 2.10. The second-order valence-electron chi connectivity index (χ2n) is 3.92. The van der Waals surface area contributed by atoms with Crippen LogP contribution in [0, 0.1) is 0 Å². The molecule has 0 unspecified atom stereocenters. The first kappa shape index (κ1) is 14.4. The Bertz CT molecular complexity index is 455. The molecule has 0 aliphatic rings. The van der Waals surface area contributed by atoms with Crippen molar-refractivity contribution in [2.75, 3.05) is 13.1 Å². The van der Waals surface area contributed by atoms with Gasteiger partial charge in [-0.25, -0.2) is 0 Å². The Morgan fingerprint density at radius 2 is 1.78 bits per heavy atom. The molecule has 5 heteroatoms. The predicted molar refractivity (Wildman–Crippen MR) is 74.3 cm³/mol. The van der Waals surface area contributed by atoms with Gasteiger partial charge in [-0.15, -0.1) is 0 Å². The topological polar surface area (TPSA) is 58.2 Å². The number of halogens is 1. The van der Waals surface area contributed by atoms with Crippen molar-refractivity contribution in [2.45, 2.75) is 6.92 Å². The minimum absolute atomic E-state index is 0.0395. The molecule has 2 N–H and O–H groups in total. The Morgan fingerprint density at radius 3 is 2.33 bits per heavy atom. The molecule has 0 spiro atoms. The van der Waals surface area contributed by atoms with Crippen molar-refractivity contribution >= 4 is 27.7 Å². The van der Waals surface area contributed by atoms with E-state index in [1.54, 1.807) is 24.3 Å². The smallest absolute Gasteiger partial charge is 0.251 e. The summed E-state index contributed by atoms with van der Waals surface area (Å²) in [6.45, 7) is 5.88. The van der Waals surface area contributed by atoms with Crippen molar-refractivity contribution in [1.29, 1.82) is 0 Å². The van der Waals surface area contributed by atoms with Gasteiger partial charge in [0.1, 0.15) is 0 Å². The number of benzene rings is 1. The van der Waals surface area contributed by atoms with Crippen molar-refractivity contribution in [1.82, 2.24) is 10.6 Å². The molecular weight excluding hydrogens is 296 g/mol. The molecule has 0 aromatic heterocycles. The highest BCUT2D eigenvalue weighted by Crippen LogP contribution is 2.10. The van der Waals surface area contributed by atoms with Crippen LogP contribution in [0.2, 0.25) is 0 Å². The summed E-state index contributed by atoms with van der Waals surface area (Å²) in [5.74, 6) is -0.503. The molecule has 0 heterocycles. The van der Waals surface area contributed by atoms with E-state index in [2.05, 4.69) is 33.1 Å². The Balaban J connectivity index is 2.39. The predicted octanol–water partition coefficient (Wildman–Crippen LogP) is 1.87. The van der Waals surface area contributed by atoms with Crippen LogP contribution in [0.25, 0.3) is 0 Å². The Kier molecular flexibility index (Phi) is 5.58. The molecule has 2 amide bonds. The van der Waals surface area contributed by atoms with Gasteiger partial charge < -0.3 is 10.6 Å². The van der Waals surface area contributed by atoms with Crippen molar-refractivity contribution in [3.05, 3.63) is 46.5 Å². The maximum Gasteiger partial charge on any atom is 0.251 e. The molecule has 18 heavy (non-hydrogen) atoms. The number of carbonyl (C=O) groups excluding carboxylic acids is 2. The van der Waals surface area contributed by atoms with Gasteiger partial charge >= 0.3 is 0 Å². The number of nitrogens with one attached hydrogen (secondary N) is 2. The van der Waals surface area contributed by atoms with E-state index in [1.165, 1.54) is 0 Å². The maximum absolute atomic E-state index is 11.7. The molecule has 0 aliphatic carbocycles. The zero-order valence-electron chi connectivity index (χ0n) is 10.1. The zero-order chi connectivity index (χ0) is 13.5. The molecule has 0 aliphatic heterocycles. The Morgan fingerprint density at radius 1 is 1.17 bits per heavy atom. The lowest BCUT2D eigenvalue weighted by atomic mass is 10.2. The molecular formula is C13H15BrN2O2. The van der Waals surface area contributed by atoms with Crippen LogP contribution in [0.4, 0.5) is 0 Å². The third-order valence-corrected chi connectivity index (χ3v) is 2.63. The van der Waals surface area contributed by atoms with E-state index >= 15 is 0 Å². The molecule has 0 fully saturated rings. The molecule has 0 atom stereocenters. The van der Waals surface area contributed by atoms with E-state index in [0.29, 0.717) is 12.1 Å². The van der Waals surface area contributed by atoms with E-state index in [0.717, 1.165) is 10.0 Å². The third kappa shape index (κ3) is 5.14. The number of amides is 2. The highest BCUT2D eigenvalue weighted by molar-refractivity contribution is 9.10. The van der Waals surface area contributed by atoms with Crippen LogP contribution in [-0.4, -0.2) is 24.9 Å². The van der Waals surface area contributed by atoms with Crippen molar-refractivity contribution in [3.8, 4) is 0 Å². The first-order chi connectivity index (χ1) is 8.49. The van der Waals surface area contributed by atoms with Gasteiger partial charge in [-0.05, 0) is 31.2 Å². The average molecular weight is 311 g/mol. The van der Waals surface area contributed by atoms with Crippen LogP contribution in [0.1, 0.15) is 17.3 Å². The van der Waals surface area contributed by atoms with E-state index in [1.807, 2.05) is 6.92 Å². The van der Waals surface area contributed by atoms with E-state index < -0.39 is 0 Å². The monoisotopic (exact) mass is 310 g/mol. The van der Waals surface area contributed by atoms with Crippen LogP contribution < -0.4 is 10.6 Å². The van der Waals surface area contributed by atoms with Gasteiger partial charge in [0.25, 0.3) is 5.91 Å². The average Bonchev–Trinajstić information content (AvgIpc) is 2.34. The van der Waals surface area contributed by atoms with Gasteiger partial charge in [0.2, 0.25) is 5.91 Å². The molecule has 96 valence electrons. The number of rotatable bonds is 5. The highest BCUT2D eigenvalue weighted by atomic mass is 79.9. The fourth-order valence-corrected chi connectivity index (χ4v) is 1.44. The van der Waals surface area contributed by atoms with E-state index in [4.69, 9.17) is 0 Å². The molecule has 4 nitrogen and oxygen atoms in total. The summed E-state index contributed by atoms with van der Waals surface area (Å²) in [4.78, 5) is 23.0. The molecule has 1 rings (SSSR count). The normalized spacial score (nSPS) is 9.67. The molecule has 0 bridgehead atoms. The minimum Gasteiger partial charge on any atom is -0.351 e. The molecule has 0 saturated carbocycles. The number of carbonyl (C=O) groups is 2. The molecule has 0 saturated heterocycles. The second-order valence-corrected chi connectivity index (χ2v) is 4.84. The van der Waals surface area contributed by atoms with Crippen molar-refractivity contribution in [3.63, 3.8) is 0 Å². The summed E-state index contributed by atoms with van der Waals surface area (Å²) in [5.41, 5.74) is 1.38. The molecule has 1 aromatic rings. The lowest BCUT2D eigenvalue weighted by Crippen LogP contribution is -2.37. The summed E-state index contributed by atoms with van der Waals surface area (Å²) in [5, 5.41) is 5.18. The lowest BCUT2D eigenvalue weighted by molar-refractivity contribution is -0.119. The first-order valence-corrected chi connectivity index (χ1v) is 6.23. The number of hydrogen-bond donors (Lipinski definition) is 2. The van der Waals surface area contributed by atoms with Crippen LogP contribution in [0.15, 0.2) is 40.9 Å². The summed E-state index contributed by atoms with van der Waals surface area (Å²) < 4.78 is 0.901. The highest BCUT2D eigenvalue weighted by Gasteiger charge is 2.07. The fraction of sp³-hybridized carbons (Fsp3) is 0.231. The summed E-state index contributed by atoms with van der Waals surface area (Å²) in [6.07, 6.45) is 0. The fourth-order valence-electron chi connectivity index (χ4n) is 1.18. The standard InChI is InChI=1S/C13H15BrN2O2/c1-9(2)7-15-12(17)8-16-13(18)10-3-5-11(14)6-4-10/h3-6H,1,7-8H2,2H3,(H,15,17)(H,16,18). The van der Waals surface area contributed by atoms with Gasteiger partial charge in [-0.1, -0.05) is 28.1 Å². The molecule has 0 radical (unpaired) electrons. The van der Waals surface area contributed by atoms with Crippen LogP contribution in [0.5, 0.6) is 0 Å².